The Morgan fingerprint density at radius 3 is 2.16 bits per heavy atom. The molecular formula is C35H22O9. The third-order valence-corrected chi connectivity index (χ3v) is 7.55. The van der Waals surface area contributed by atoms with Crippen LogP contribution in [0.3, 0.4) is 0 Å². The SMILES string of the molecule is O=C(Oc1ccc2ccc3c(C(=O)OCCCOc4ccc(O)cc4)ccc4ccc1c2c43)c1ccc2c(c1)C(=O)OC2=O. The van der Waals surface area contributed by atoms with Crippen LogP contribution in [0, 0.1) is 0 Å². The molecule has 0 amide bonds. The van der Waals surface area contributed by atoms with Crippen molar-refractivity contribution in [3.8, 4) is 17.2 Å². The lowest BCUT2D eigenvalue weighted by molar-refractivity contribution is 0.0440. The maximum absolute atomic E-state index is 13.1. The second-order valence-corrected chi connectivity index (χ2v) is 10.3. The summed E-state index contributed by atoms with van der Waals surface area (Å²) in [6.45, 7) is 0.499. The van der Waals surface area contributed by atoms with Gasteiger partial charge in [0.1, 0.15) is 17.2 Å². The zero-order valence-electron chi connectivity index (χ0n) is 23.0. The maximum atomic E-state index is 13.1. The lowest BCUT2D eigenvalue weighted by Crippen LogP contribution is -2.10. The van der Waals surface area contributed by atoms with Crippen molar-refractivity contribution in [1.29, 1.82) is 0 Å². The monoisotopic (exact) mass is 586 g/mol. The molecule has 1 heterocycles. The highest BCUT2D eigenvalue weighted by atomic mass is 16.6. The highest BCUT2D eigenvalue weighted by molar-refractivity contribution is 6.27. The van der Waals surface area contributed by atoms with E-state index in [1.54, 1.807) is 24.3 Å². The van der Waals surface area contributed by atoms with Crippen LogP contribution in [-0.4, -0.2) is 42.2 Å². The minimum absolute atomic E-state index is 0.0177. The van der Waals surface area contributed by atoms with Gasteiger partial charge in [0.25, 0.3) is 0 Å². The third kappa shape index (κ3) is 4.70. The molecule has 6 aromatic rings. The minimum atomic E-state index is -0.806. The van der Waals surface area contributed by atoms with Crippen LogP contribution in [0.1, 0.15) is 47.9 Å². The van der Waals surface area contributed by atoms with E-state index in [4.69, 9.17) is 14.2 Å². The van der Waals surface area contributed by atoms with Crippen molar-refractivity contribution < 1.29 is 43.2 Å². The van der Waals surface area contributed by atoms with E-state index in [1.807, 2.05) is 36.4 Å². The fourth-order valence-corrected chi connectivity index (χ4v) is 5.45. The van der Waals surface area contributed by atoms with Gasteiger partial charge in [0.15, 0.2) is 0 Å². The predicted octanol–water partition coefficient (Wildman–Crippen LogP) is 6.45. The fourth-order valence-electron chi connectivity index (χ4n) is 5.45. The number of benzene rings is 6. The van der Waals surface area contributed by atoms with Crippen LogP contribution in [0.5, 0.6) is 17.2 Å². The Labute approximate surface area is 249 Å². The summed E-state index contributed by atoms with van der Waals surface area (Å²) in [6, 6.07) is 25.1. The van der Waals surface area contributed by atoms with E-state index in [9.17, 15) is 24.3 Å². The van der Waals surface area contributed by atoms with Gasteiger partial charge < -0.3 is 24.1 Å². The van der Waals surface area contributed by atoms with Crippen LogP contribution < -0.4 is 9.47 Å². The van der Waals surface area contributed by atoms with E-state index in [2.05, 4.69) is 4.74 Å². The average molecular weight is 587 g/mol. The van der Waals surface area contributed by atoms with Gasteiger partial charge in [-0.3, -0.25) is 0 Å². The third-order valence-electron chi connectivity index (χ3n) is 7.55. The van der Waals surface area contributed by atoms with Crippen molar-refractivity contribution in [2.75, 3.05) is 13.2 Å². The quantitative estimate of drug-likeness (QED) is 0.0704. The largest absolute Gasteiger partial charge is 0.508 e. The maximum Gasteiger partial charge on any atom is 0.346 e. The number of hydrogen-bond donors (Lipinski definition) is 1. The molecule has 216 valence electrons. The molecule has 0 saturated carbocycles. The number of aromatic hydroxyl groups is 1. The molecule has 0 aromatic heterocycles. The van der Waals surface area contributed by atoms with Crippen LogP contribution in [0.2, 0.25) is 0 Å². The van der Waals surface area contributed by atoms with E-state index >= 15 is 0 Å². The molecule has 1 N–H and O–H groups in total. The summed E-state index contributed by atoms with van der Waals surface area (Å²) in [4.78, 5) is 50.0. The molecule has 44 heavy (non-hydrogen) atoms. The van der Waals surface area contributed by atoms with E-state index in [0.717, 1.165) is 21.5 Å². The number of carbonyl (C=O) groups is 4. The normalized spacial score (nSPS) is 12.5. The molecule has 0 aliphatic carbocycles. The molecule has 9 heteroatoms. The first-order valence-electron chi connectivity index (χ1n) is 13.8. The van der Waals surface area contributed by atoms with Gasteiger partial charge in [-0.05, 0) is 82.2 Å². The number of cyclic esters (lactones) is 2. The average Bonchev–Trinajstić information content (AvgIpc) is 3.33. The van der Waals surface area contributed by atoms with E-state index in [0.29, 0.717) is 40.9 Å². The second kappa shape index (κ2) is 10.7. The number of hydrogen-bond acceptors (Lipinski definition) is 9. The van der Waals surface area contributed by atoms with E-state index in [1.165, 1.54) is 30.3 Å². The Balaban J connectivity index is 1.13. The summed E-state index contributed by atoms with van der Waals surface area (Å²) in [5, 5.41) is 14.2. The van der Waals surface area contributed by atoms with Crippen molar-refractivity contribution in [3.63, 3.8) is 0 Å². The van der Waals surface area contributed by atoms with Gasteiger partial charge in [-0.15, -0.1) is 0 Å². The van der Waals surface area contributed by atoms with Gasteiger partial charge in [-0.25, -0.2) is 19.2 Å². The Hall–Kier alpha value is -5.96. The molecule has 0 spiro atoms. The molecule has 9 nitrogen and oxygen atoms in total. The summed E-state index contributed by atoms with van der Waals surface area (Å²) >= 11 is 0. The lowest BCUT2D eigenvalue weighted by atomic mass is 9.91. The van der Waals surface area contributed by atoms with Crippen LogP contribution in [0.25, 0.3) is 32.3 Å². The summed E-state index contributed by atoms with van der Waals surface area (Å²) in [5.74, 6) is -1.65. The molecule has 7 rings (SSSR count). The van der Waals surface area contributed by atoms with Crippen LogP contribution in [0.15, 0.2) is 91.0 Å². The van der Waals surface area contributed by atoms with Crippen LogP contribution in [0.4, 0.5) is 0 Å². The van der Waals surface area contributed by atoms with Gasteiger partial charge in [0.2, 0.25) is 0 Å². The van der Waals surface area contributed by atoms with E-state index in [-0.39, 0.29) is 29.0 Å². The van der Waals surface area contributed by atoms with Crippen LogP contribution >= 0.6 is 0 Å². The lowest BCUT2D eigenvalue weighted by Gasteiger charge is -2.16. The topological polar surface area (TPSA) is 125 Å². The fraction of sp³-hybridized carbons (Fsp3) is 0.0857. The molecule has 0 saturated heterocycles. The molecule has 0 atom stereocenters. The van der Waals surface area contributed by atoms with Gasteiger partial charge in [-0.1, -0.05) is 30.3 Å². The summed E-state index contributed by atoms with van der Waals surface area (Å²) in [7, 11) is 0. The molecule has 1 aliphatic rings. The molecule has 0 radical (unpaired) electrons. The first-order valence-corrected chi connectivity index (χ1v) is 13.8. The molecule has 0 bridgehead atoms. The minimum Gasteiger partial charge on any atom is -0.508 e. The van der Waals surface area contributed by atoms with Gasteiger partial charge in [-0.2, -0.15) is 0 Å². The molecule has 0 unspecified atom stereocenters. The number of esters is 4. The zero-order valence-corrected chi connectivity index (χ0v) is 23.0. The number of ether oxygens (including phenoxy) is 4. The highest BCUT2D eigenvalue weighted by Crippen LogP contribution is 2.40. The molecule has 0 fully saturated rings. The summed E-state index contributed by atoms with van der Waals surface area (Å²) in [6.07, 6.45) is 0.481. The Bertz CT molecular complexity index is 2130. The molecular weight excluding hydrogens is 564 g/mol. The number of phenolic OH excluding ortho intramolecular Hbond substituents is 1. The predicted molar refractivity (Wildman–Crippen MR) is 160 cm³/mol. The Kier molecular flexibility index (Phi) is 6.55. The van der Waals surface area contributed by atoms with Crippen molar-refractivity contribution >= 4 is 56.2 Å². The second-order valence-electron chi connectivity index (χ2n) is 10.3. The number of fused-ring (bicyclic) bond motifs is 1. The van der Waals surface area contributed by atoms with E-state index < -0.39 is 23.9 Å². The first-order chi connectivity index (χ1) is 21.4. The standard InChI is InChI=1S/C35H22O9/c36-22-7-9-23(10-8-22)41-16-1-17-42-33(38)25-12-3-19-4-14-27-29(15-6-20-2-11-24(25)30(19)31(20)27)43-32(37)21-5-13-26-28(18-21)35(40)44-34(26)39/h2-15,18,36H,1,16-17H2. The zero-order chi connectivity index (χ0) is 30.4. The summed E-state index contributed by atoms with van der Waals surface area (Å²) in [5.41, 5.74) is 0.628. The smallest absolute Gasteiger partial charge is 0.346 e. The highest BCUT2D eigenvalue weighted by Gasteiger charge is 2.30. The summed E-state index contributed by atoms with van der Waals surface area (Å²) < 4.78 is 21.6. The number of rotatable bonds is 8. The first kappa shape index (κ1) is 26.9. The number of phenols is 1. The molecule has 1 aliphatic heterocycles. The van der Waals surface area contributed by atoms with Gasteiger partial charge in [0.05, 0.1) is 35.5 Å². The number of carbonyl (C=O) groups excluding carboxylic acids is 4. The Morgan fingerprint density at radius 2 is 1.36 bits per heavy atom. The van der Waals surface area contributed by atoms with Crippen molar-refractivity contribution in [3.05, 3.63) is 113 Å². The van der Waals surface area contributed by atoms with Crippen LogP contribution in [-0.2, 0) is 9.47 Å². The van der Waals surface area contributed by atoms with Gasteiger partial charge >= 0.3 is 23.9 Å². The molecule has 6 aromatic carbocycles. The van der Waals surface area contributed by atoms with Crippen molar-refractivity contribution in [1.82, 2.24) is 0 Å². The van der Waals surface area contributed by atoms with Gasteiger partial charge in [0, 0.05) is 17.2 Å². The Morgan fingerprint density at radius 1 is 0.682 bits per heavy atom. The van der Waals surface area contributed by atoms with Crippen molar-refractivity contribution in [2.45, 2.75) is 6.42 Å². The van der Waals surface area contributed by atoms with Crippen molar-refractivity contribution in [2.24, 2.45) is 0 Å².